The van der Waals surface area contributed by atoms with Gasteiger partial charge >= 0.3 is 0 Å². The molecule has 2 aromatic carbocycles. The first kappa shape index (κ1) is 23.3. The molecule has 0 aliphatic heterocycles. The lowest BCUT2D eigenvalue weighted by Crippen LogP contribution is -2.36. The van der Waals surface area contributed by atoms with Crippen LogP contribution in [0.5, 0.6) is 23.0 Å². The molecule has 2 aromatic rings. The van der Waals surface area contributed by atoms with Crippen LogP contribution in [0.25, 0.3) is 0 Å². The topological polar surface area (TPSA) is 69.3 Å². The van der Waals surface area contributed by atoms with Crippen molar-refractivity contribution < 1.29 is 23.7 Å². The number of hydrogen-bond donors (Lipinski definition) is 1. The van der Waals surface area contributed by atoms with Crippen LogP contribution in [-0.4, -0.2) is 58.9 Å². The Morgan fingerprint density at radius 3 is 2.10 bits per heavy atom. The fourth-order valence-electron chi connectivity index (χ4n) is 3.14. The van der Waals surface area contributed by atoms with Crippen molar-refractivity contribution in [1.29, 1.82) is 0 Å². The van der Waals surface area contributed by atoms with Crippen molar-refractivity contribution in [2.24, 2.45) is 0 Å². The molecule has 0 saturated heterocycles. The Kier molecular flexibility index (Phi) is 8.80. The van der Waals surface area contributed by atoms with E-state index >= 15 is 0 Å². The fourth-order valence-corrected chi connectivity index (χ4v) is 3.14. The van der Waals surface area contributed by atoms with E-state index in [2.05, 4.69) is 11.4 Å². The molecule has 2 rings (SSSR count). The average molecular weight is 417 g/mol. The molecule has 0 spiro atoms. The first-order valence-corrected chi connectivity index (χ1v) is 9.81. The smallest absolute Gasteiger partial charge is 0.234 e. The zero-order chi connectivity index (χ0) is 22.1. The van der Waals surface area contributed by atoms with Gasteiger partial charge in [-0.25, -0.2) is 0 Å². The summed E-state index contributed by atoms with van der Waals surface area (Å²) in [7, 11) is 6.61. The van der Waals surface area contributed by atoms with Crippen LogP contribution in [0.15, 0.2) is 30.3 Å². The maximum atomic E-state index is 12.3. The molecule has 0 radical (unpaired) electrons. The van der Waals surface area contributed by atoms with Crippen LogP contribution in [0, 0.1) is 13.8 Å². The quantitative estimate of drug-likeness (QED) is 0.607. The highest BCUT2D eigenvalue weighted by molar-refractivity contribution is 5.78. The summed E-state index contributed by atoms with van der Waals surface area (Å²) in [4.78, 5) is 14.3. The van der Waals surface area contributed by atoms with Crippen LogP contribution in [-0.2, 0) is 11.3 Å². The lowest BCUT2D eigenvalue weighted by atomic mass is 10.1. The Labute approximate surface area is 178 Å². The van der Waals surface area contributed by atoms with Crippen LogP contribution in [0.1, 0.15) is 16.7 Å². The van der Waals surface area contributed by atoms with Crippen molar-refractivity contribution in [1.82, 2.24) is 10.2 Å². The lowest BCUT2D eigenvalue weighted by Gasteiger charge is -2.18. The molecule has 1 N–H and O–H groups in total. The summed E-state index contributed by atoms with van der Waals surface area (Å²) in [5.41, 5.74) is 3.15. The van der Waals surface area contributed by atoms with Crippen LogP contribution < -0.4 is 24.3 Å². The van der Waals surface area contributed by atoms with Gasteiger partial charge in [0.05, 0.1) is 27.9 Å². The standard InChI is InChI=1S/C23H32N2O5/c1-16-9-17(2)11-19(10-16)30-8-7-25(3)15-23(26)24-14-18-12-21(28-5)22(29-6)13-20(18)27-4/h9-13H,7-8,14-15H2,1-6H3,(H,24,26). The molecule has 0 unspecified atom stereocenters. The number of benzene rings is 2. The molecule has 1 amide bonds. The molecule has 30 heavy (non-hydrogen) atoms. The molecule has 0 aromatic heterocycles. The van der Waals surface area contributed by atoms with E-state index in [1.165, 1.54) is 11.1 Å². The number of methoxy groups -OCH3 is 3. The van der Waals surface area contributed by atoms with Gasteiger partial charge in [0.2, 0.25) is 5.91 Å². The van der Waals surface area contributed by atoms with Gasteiger partial charge in [-0.3, -0.25) is 9.69 Å². The molecule has 7 heteroatoms. The van der Waals surface area contributed by atoms with Gasteiger partial charge in [-0.2, -0.15) is 0 Å². The van der Waals surface area contributed by atoms with E-state index in [-0.39, 0.29) is 12.5 Å². The largest absolute Gasteiger partial charge is 0.496 e. The van der Waals surface area contributed by atoms with Crippen LogP contribution in [0.4, 0.5) is 0 Å². The number of hydrogen-bond acceptors (Lipinski definition) is 6. The maximum Gasteiger partial charge on any atom is 0.234 e. The van der Waals surface area contributed by atoms with E-state index in [0.717, 1.165) is 11.3 Å². The Hall–Kier alpha value is -2.93. The number of rotatable bonds is 11. The van der Waals surface area contributed by atoms with Crippen molar-refractivity contribution in [2.45, 2.75) is 20.4 Å². The van der Waals surface area contributed by atoms with E-state index in [0.29, 0.717) is 36.9 Å². The SMILES string of the molecule is COc1cc(OC)c(OC)cc1CNC(=O)CN(C)CCOc1cc(C)cc(C)c1. The van der Waals surface area contributed by atoms with E-state index < -0.39 is 0 Å². The predicted molar refractivity (Wildman–Crippen MR) is 117 cm³/mol. The molecular formula is C23H32N2O5. The highest BCUT2D eigenvalue weighted by Crippen LogP contribution is 2.34. The normalized spacial score (nSPS) is 10.6. The minimum Gasteiger partial charge on any atom is -0.496 e. The summed E-state index contributed by atoms with van der Waals surface area (Å²) in [6.07, 6.45) is 0. The molecule has 0 atom stereocenters. The Bertz CT molecular complexity index is 833. The van der Waals surface area contributed by atoms with Crippen molar-refractivity contribution in [3.63, 3.8) is 0 Å². The molecule has 0 saturated carbocycles. The first-order valence-electron chi connectivity index (χ1n) is 9.81. The highest BCUT2D eigenvalue weighted by Gasteiger charge is 2.13. The van der Waals surface area contributed by atoms with Gasteiger partial charge in [0.15, 0.2) is 11.5 Å². The highest BCUT2D eigenvalue weighted by atomic mass is 16.5. The van der Waals surface area contributed by atoms with Gasteiger partial charge < -0.3 is 24.3 Å². The summed E-state index contributed by atoms with van der Waals surface area (Å²) in [5, 5.41) is 2.92. The number of amides is 1. The van der Waals surface area contributed by atoms with Gasteiger partial charge in [-0.1, -0.05) is 6.07 Å². The second kappa shape index (κ2) is 11.3. The first-order chi connectivity index (χ1) is 14.4. The van der Waals surface area contributed by atoms with Gasteiger partial charge in [-0.05, 0) is 50.2 Å². The second-order valence-electron chi connectivity index (χ2n) is 7.21. The summed E-state index contributed by atoms with van der Waals surface area (Å²) < 4.78 is 21.8. The van der Waals surface area contributed by atoms with Gasteiger partial charge in [-0.15, -0.1) is 0 Å². The Morgan fingerprint density at radius 1 is 0.900 bits per heavy atom. The molecule has 164 valence electrons. The third-order valence-corrected chi connectivity index (χ3v) is 4.61. The van der Waals surface area contributed by atoms with Crippen LogP contribution in [0.3, 0.4) is 0 Å². The molecule has 0 bridgehead atoms. The summed E-state index contributed by atoms with van der Waals surface area (Å²) in [6, 6.07) is 9.68. The van der Waals surface area contributed by atoms with Crippen molar-refractivity contribution in [2.75, 3.05) is 48.1 Å². The molecular weight excluding hydrogens is 384 g/mol. The van der Waals surface area contributed by atoms with E-state index in [1.54, 1.807) is 33.5 Å². The minimum absolute atomic E-state index is 0.0827. The van der Waals surface area contributed by atoms with Crippen LogP contribution >= 0.6 is 0 Å². The number of nitrogens with zero attached hydrogens (tertiary/aromatic N) is 1. The van der Waals surface area contributed by atoms with Gasteiger partial charge in [0, 0.05) is 24.7 Å². The van der Waals surface area contributed by atoms with Crippen molar-refractivity contribution >= 4 is 5.91 Å². The fraction of sp³-hybridized carbons (Fsp3) is 0.435. The number of likely N-dealkylation sites (N-methyl/N-ethyl adjacent to an activating group) is 1. The summed E-state index contributed by atoms with van der Waals surface area (Å²) in [6.45, 7) is 5.84. The molecule has 0 fully saturated rings. The van der Waals surface area contributed by atoms with E-state index in [1.807, 2.05) is 37.9 Å². The molecule has 7 nitrogen and oxygen atoms in total. The third kappa shape index (κ3) is 6.84. The third-order valence-electron chi connectivity index (χ3n) is 4.61. The van der Waals surface area contributed by atoms with E-state index in [9.17, 15) is 4.79 Å². The number of carbonyl (C=O) groups excluding carboxylic acids is 1. The monoisotopic (exact) mass is 416 g/mol. The maximum absolute atomic E-state index is 12.3. The second-order valence-corrected chi connectivity index (χ2v) is 7.21. The predicted octanol–water partition coefficient (Wildman–Crippen LogP) is 2.96. The number of ether oxygens (including phenoxy) is 4. The Morgan fingerprint density at radius 2 is 1.50 bits per heavy atom. The minimum atomic E-state index is -0.0827. The molecule has 0 heterocycles. The molecule has 0 aliphatic rings. The van der Waals surface area contributed by atoms with Crippen LogP contribution in [0.2, 0.25) is 0 Å². The summed E-state index contributed by atoms with van der Waals surface area (Å²) in [5.74, 6) is 2.56. The zero-order valence-corrected chi connectivity index (χ0v) is 18.7. The zero-order valence-electron chi connectivity index (χ0n) is 18.7. The molecule has 0 aliphatic carbocycles. The average Bonchev–Trinajstić information content (AvgIpc) is 2.70. The Balaban J connectivity index is 1.82. The number of aryl methyl sites for hydroxylation is 2. The van der Waals surface area contributed by atoms with E-state index in [4.69, 9.17) is 18.9 Å². The summed E-state index contributed by atoms with van der Waals surface area (Å²) >= 11 is 0. The lowest BCUT2D eigenvalue weighted by molar-refractivity contribution is -0.122. The van der Waals surface area contributed by atoms with Crippen molar-refractivity contribution in [3.8, 4) is 23.0 Å². The van der Waals surface area contributed by atoms with Gasteiger partial charge in [0.25, 0.3) is 0 Å². The number of carbonyl (C=O) groups is 1. The van der Waals surface area contributed by atoms with Crippen molar-refractivity contribution in [3.05, 3.63) is 47.0 Å². The number of nitrogens with one attached hydrogen (secondary N) is 1. The van der Waals surface area contributed by atoms with Gasteiger partial charge in [0.1, 0.15) is 18.1 Å².